The summed E-state index contributed by atoms with van der Waals surface area (Å²) in [4.78, 5) is 12.9. The lowest BCUT2D eigenvalue weighted by atomic mass is 9.84. The minimum absolute atomic E-state index is 0.00581. The third kappa shape index (κ3) is 7.10. The Morgan fingerprint density at radius 3 is 2.56 bits per heavy atom. The second-order valence-electron chi connectivity index (χ2n) is 9.52. The SMILES string of the molecule is COc1ccc(CNS(=O)(=O)c2cc(NC(=O)Cc3ccccc3Cl)ccc2C2CCOCC2C)c(OC)c1. The number of carbonyl (C=O) groups is 1. The third-order valence-corrected chi connectivity index (χ3v) is 8.71. The second kappa shape index (κ2) is 12.8. The van der Waals surface area contributed by atoms with Gasteiger partial charge in [0.2, 0.25) is 15.9 Å². The van der Waals surface area contributed by atoms with E-state index in [1.165, 1.54) is 13.2 Å². The molecule has 4 rings (SSSR count). The zero-order valence-corrected chi connectivity index (χ0v) is 23.8. The first-order chi connectivity index (χ1) is 18.7. The molecule has 208 valence electrons. The van der Waals surface area contributed by atoms with E-state index in [-0.39, 0.29) is 35.6 Å². The van der Waals surface area contributed by atoms with Gasteiger partial charge in [-0.25, -0.2) is 13.1 Å². The smallest absolute Gasteiger partial charge is 0.241 e. The number of rotatable bonds is 10. The molecule has 39 heavy (non-hydrogen) atoms. The number of ether oxygens (including phenoxy) is 3. The molecule has 0 spiro atoms. The number of sulfonamides is 1. The van der Waals surface area contributed by atoms with Crippen LogP contribution in [0.15, 0.2) is 65.6 Å². The van der Waals surface area contributed by atoms with Crippen LogP contribution in [0.4, 0.5) is 5.69 Å². The minimum atomic E-state index is -3.98. The molecule has 0 bridgehead atoms. The maximum atomic E-state index is 13.7. The van der Waals surface area contributed by atoms with E-state index in [4.69, 9.17) is 25.8 Å². The molecule has 2 atom stereocenters. The normalized spacial score (nSPS) is 17.4. The summed E-state index contributed by atoms with van der Waals surface area (Å²) in [5.41, 5.74) is 2.43. The molecule has 2 N–H and O–H groups in total. The molecule has 0 radical (unpaired) electrons. The summed E-state index contributed by atoms with van der Waals surface area (Å²) in [6.45, 7) is 3.18. The van der Waals surface area contributed by atoms with Crippen molar-refractivity contribution in [3.05, 3.63) is 82.4 Å². The molecule has 1 fully saturated rings. The monoisotopic (exact) mass is 572 g/mol. The Morgan fingerprint density at radius 1 is 1.05 bits per heavy atom. The summed E-state index contributed by atoms with van der Waals surface area (Å²) in [5.74, 6) is 0.948. The van der Waals surface area contributed by atoms with Crippen molar-refractivity contribution in [1.29, 1.82) is 0 Å². The van der Waals surface area contributed by atoms with Crippen LogP contribution >= 0.6 is 11.6 Å². The van der Waals surface area contributed by atoms with Crippen LogP contribution in [0.3, 0.4) is 0 Å². The van der Waals surface area contributed by atoms with E-state index in [0.29, 0.717) is 58.5 Å². The van der Waals surface area contributed by atoms with Gasteiger partial charge < -0.3 is 19.5 Å². The number of halogens is 1. The highest BCUT2D eigenvalue weighted by Crippen LogP contribution is 2.37. The van der Waals surface area contributed by atoms with Crippen molar-refractivity contribution >= 4 is 33.2 Å². The van der Waals surface area contributed by atoms with Crippen molar-refractivity contribution in [2.45, 2.75) is 37.1 Å². The Morgan fingerprint density at radius 2 is 1.85 bits per heavy atom. The van der Waals surface area contributed by atoms with E-state index >= 15 is 0 Å². The lowest BCUT2D eigenvalue weighted by Crippen LogP contribution is -2.29. The quantitative estimate of drug-likeness (QED) is 0.348. The predicted molar refractivity (Wildman–Crippen MR) is 151 cm³/mol. The van der Waals surface area contributed by atoms with Crippen molar-refractivity contribution in [2.75, 3.05) is 32.8 Å². The molecule has 1 aliphatic heterocycles. The molecular formula is C29H33ClN2O6S. The van der Waals surface area contributed by atoms with Crippen LogP contribution in [0.25, 0.3) is 0 Å². The molecule has 3 aromatic rings. The highest BCUT2D eigenvalue weighted by Gasteiger charge is 2.30. The first-order valence-corrected chi connectivity index (χ1v) is 14.5. The lowest BCUT2D eigenvalue weighted by Gasteiger charge is -2.30. The van der Waals surface area contributed by atoms with Crippen molar-refractivity contribution in [1.82, 2.24) is 4.72 Å². The Kier molecular flexibility index (Phi) is 9.50. The number of nitrogens with one attached hydrogen (secondary N) is 2. The number of hydrogen-bond donors (Lipinski definition) is 2. The highest BCUT2D eigenvalue weighted by molar-refractivity contribution is 7.89. The summed E-state index contributed by atoms with van der Waals surface area (Å²) < 4.78 is 46.4. The van der Waals surface area contributed by atoms with Crippen LogP contribution in [0.1, 0.15) is 36.0 Å². The summed E-state index contributed by atoms with van der Waals surface area (Å²) in [5, 5.41) is 3.33. The molecule has 0 aromatic heterocycles. The van der Waals surface area contributed by atoms with Crippen molar-refractivity contribution in [3.63, 3.8) is 0 Å². The van der Waals surface area contributed by atoms with Crippen LogP contribution in [0.2, 0.25) is 5.02 Å². The molecule has 0 aliphatic carbocycles. The number of hydrogen-bond acceptors (Lipinski definition) is 6. The zero-order valence-electron chi connectivity index (χ0n) is 22.2. The van der Waals surface area contributed by atoms with Gasteiger partial charge in [0.05, 0.1) is 25.5 Å². The average molecular weight is 573 g/mol. The first-order valence-electron chi connectivity index (χ1n) is 12.7. The zero-order chi connectivity index (χ0) is 28.0. The largest absolute Gasteiger partial charge is 0.497 e. The number of anilines is 1. The van der Waals surface area contributed by atoms with E-state index < -0.39 is 10.0 Å². The maximum Gasteiger partial charge on any atom is 0.241 e. The molecule has 2 unspecified atom stereocenters. The van der Waals surface area contributed by atoms with Gasteiger partial charge in [0.15, 0.2) is 0 Å². The topological polar surface area (TPSA) is 103 Å². The number of carbonyl (C=O) groups excluding carboxylic acids is 1. The molecule has 3 aromatic carbocycles. The molecule has 1 heterocycles. The second-order valence-corrected chi connectivity index (χ2v) is 11.7. The molecule has 10 heteroatoms. The Hall–Kier alpha value is -3.11. The molecule has 8 nitrogen and oxygen atoms in total. The van der Waals surface area contributed by atoms with Gasteiger partial charge in [-0.2, -0.15) is 0 Å². The van der Waals surface area contributed by atoms with E-state index in [0.717, 1.165) is 0 Å². The van der Waals surface area contributed by atoms with Gasteiger partial charge in [-0.1, -0.05) is 48.9 Å². The lowest BCUT2D eigenvalue weighted by molar-refractivity contribution is -0.115. The average Bonchev–Trinajstić information content (AvgIpc) is 2.93. The van der Waals surface area contributed by atoms with Crippen molar-refractivity contribution in [2.24, 2.45) is 5.92 Å². The van der Waals surface area contributed by atoms with Crippen LogP contribution in [-0.2, 0) is 32.5 Å². The third-order valence-electron chi connectivity index (χ3n) is 6.88. The first kappa shape index (κ1) is 28.9. The Balaban J connectivity index is 1.62. The fourth-order valence-corrected chi connectivity index (χ4v) is 6.28. The van der Waals surface area contributed by atoms with Crippen LogP contribution in [0, 0.1) is 5.92 Å². The number of methoxy groups -OCH3 is 2. The predicted octanol–water partition coefficient (Wildman–Crippen LogP) is 5.16. The summed E-state index contributed by atoms with van der Waals surface area (Å²) in [6.07, 6.45) is 0.768. The van der Waals surface area contributed by atoms with E-state index in [1.807, 2.05) is 6.07 Å². The number of benzene rings is 3. The van der Waals surface area contributed by atoms with E-state index in [2.05, 4.69) is 17.0 Å². The summed E-state index contributed by atoms with van der Waals surface area (Å²) >= 11 is 6.21. The van der Waals surface area contributed by atoms with Crippen molar-refractivity contribution in [3.8, 4) is 11.5 Å². The summed E-state index contributed by atoms with van der Waals surface area (Å²) in [6, 6.07) is 17.4. The van der Waals surface area contributed by atoms with Gasteiger partial charge >= 0.3 is 0 Å². The fourth-order valence-electron chi connectivity index (χ4n) is 4.76. The maximum absolute atomic E-state index is 13.7. The van der Waals surface area contributed by atoms with Crippen molar-refractivity contribution < 1.29 is 27.4 Å². The minimum Gasteiger partial charge on any atom is -0.497 e. The van der Waals surface area contributed by atoms with Gasteiger partial charge in [-0.15, -0.1) is 0 Å². The fraction of sp³-hybridized carbons (Fsp3) is 0.345. The van der Waals surface area contributed by atoms with Gasteiger partial charge in [-0.05, 0) is 53.6 Å². The Bertz CT molecular complexity index is 1430. The molecule has 1 aliphatic rings. The van der Waals surface area contributed by atoms with Gasteiger partial charge in [0.1, 0.15) is 11.5 Å². The van der Waals surface area contributed by atoms with Gasteiger partial charge in [0, 0.05) is 42.1 Å². The number of amides is 1. The molecule has 1 amide bonds. The van der Waals surface area contributed by atoms with Gasteiger partial charge in [-0.3, -0.25) is 4.79 Å². The standard InChI is InChI=1S/C29H33ClN2O6S/c1-19-18-38-13-12-24(19)25-11-9-22(32-29(33)14-20-6-4-5-7-26(20)30)15-28(25)39(34,35)31-17-21-8-10-23(36-2)16-27(21)37-3/h4-11,15-16,19,24,31H,12-14,17-18H2,1-3H3,(H,32,33). The van der Waals surface area contributed by atoms with E-state index in [1.54, 1.807) is 55.6 Å². The van der Waals surface area contributed by atoms with Gasteiger partial charge in [0.25, 0.3) is 0 Å². The van der Waals surface area contributed by atoms with E-state index in [9.17, 15) is 13.2 Å². The van der Waals surface area contributed by atoms with Crippen LogP contribution in [-0.4, -0.2) is 41.8 Å². The molecule has 0 saturated carbocycles. The highest BCUT2D eigenvalue weighted by atomic mass is 35.5. The van der Waals surface area contributed by atoms with Crippen LogP contribution < -0.4 is 19.5 Å². The summed E-state index contributed by atoms with van der Waals surface area (Å²) in [7, 11) is -0.905. The van der Waals surface area contributed by atoms with Crippen LogP contribution in [0.5, 0.6) is 11.5 Å². The molecule has 1 saturated heterocycles. The molecular weight excluding hydrogens is 540 g/mol. The Labute approximate surface area is 234 Å².